The summed E-state index contributed by atoms with van der Waals surface area (Å²) in [4.78, 5) is 16.7. The summed E-state index contributed by atoms with van der Waals surface area (Å²) >= 11 is 6.17. The molecular weight excluding hydrogens is 446 g/mol. The van der Waals surface area contributed by atoms with Crippen LogP contribution in [0.5, 0.6) is 5.75 Å². The van der Waals surface area contributed by atoms with Crippen molar-refractivity contribution < 1.29 is 18.3 Å². The van der Waals surface area contributed by atoms with Crippen LogP contribution >= 0.6 is 11.6 Å². The Hall–Kier alpha value is -2.96. The molecule has 3 aromatic rings. The Labute approximate surface area is 197 Å². The van der Waals surface area contributed by atoms with Crippen molar-refractivity contribution in [2.24, 2.45) is 0 Å². The van der Waals surface area contributed by atoms with Crippen LogP contribution in [0.4, 0.5) is 8.78 Å². The van der Waals surface area contributed by atoms with E-state index in [1.165, 1.54) is 6.07 Å². The maximum atomic E-state index is 13.9. The molecule has 7 heteroatoms. The molecule has 0 saturated carbocycles. The SMILES string of the molecule is Cc1ccc(Cl)c(OCc2ccc(C(=O)N3CCN(Cc4cccc(F)c4F)CC3)cc2)c1. The molecular formula is C26H25ClF2N2O2. The van der Waals surface area contributed by atoms with E-state index in [-0.39, 0.29) is 5.91 Å². The molecule has 0 aromatic heterocycles. The van der Waals surface area contributed by atoms with Crippen molar-refractivity contribution in [1.29, 1.82) is 0 Å². The fourth-order valence-corrected chi connectivity index (χ4v) is 4.00. The number of aryl methyl sites for hydroxylation is 1. The highest BCUT2D eigenvalue weighted by Gasteiger charge is 2.23. The molecule has 172 valence electrons. The van der Waals surface area contributed by atoms with Crippen molar-refractivity contribution >= 4 is 17.5 Å². The van der Waals surface area contributed by atoms with E-state index < -0.39 is 11.6 Å². The standard InChI is InChI=1S/C26H25ClF2N2O2/c1-18-5-10-22(27)24(15-18)33-17-19-6-8-20(9-7-19)26(32)31-13-11-30(12-14-31)16-21-3-2-4-23(28)25(21)29/h2-10,15H,11-14,16-17H2,1H3. The van der Waals surface area contributed by atoms with E-state index in [2.05, 4.69) is 0 Å². The van der Waals surface area contributed by atoms with Gasteiger partial charge in [-0.3, -0.25) is 9.69 Å². The van der Waals surface area contributed by atoms with Crippen LogP contribution in [0.25, 0.3) is 0 Å². The Balaban J connectivity index is 1.30. The summed E-state index contributed by atoms with van der Waals surface area (Å²) in [6.07, 6.45) is 0. The van der Waals surface area contributed by atoms with Crippen molar-refractivity contribution in [3.63, 3.8) is 0 Å². The van der Waals surface area contributed by atoms with Crippen LogP contribution in [0.3, 0.4) is 0 Å². The second-order valence-corrected chi connectivity index (χ2v) is 8.61. The van der Waals surface area contributed by atoms with Crippen LogP contribution in [-0.2, 0) is 13.2 Å². The molecule has 4 rings (SSSR count). The number of carbonyl (C=O) groups excluding carboxylic acids is 1. The van der Waals surface area contributed by atoms with Crippen LogP contribution < -0.4 is 4.74 Å². The Morgan fingerprint density at radius 3 is 2.45 bits per heavy atom. The number of amides is 1. The minimum atomic E-state index is -0.836. The summed E-state index contributed by atoms with van der Waals surface area (Å²) in [6.45, 7) is 4.93. The van der Waals surface area contributed by atoms with Gasteiger partial charge in [0, 0.05) is 43.9 Å². The third-order valence-electron chi connectivity index (χ3n) is 5.77. The first-order valence-corrected chi connectivity index (χ1v) is 11.2. The first-order chi connectivity index (χ1) is 15.9. The molecule has 1 heterocycles. The fraction of sp³-hybridized carbons (Fsp3) is 0.269. The van der Waals surface area contributed by atoms with E-state index in [1.807, 2.05) is 42.2 Å². The maximum Gasteiger partial charge on any atom is 0.253 e. The zero-order valence-electron chi connectivity index (χ0n) is 18.4. The van der Waals surface area contributed by atoms with Gasteiger partial charge in [0.05, 0.1) is 5.02 Å². The van der Waals surface area contributed by atoms with Gasteiger partial charge < -0.3 is 9.64 Å². The number of halogens is 3. The van der Waals surface area contributed by atoms with Gasteiger partial charge in [-0.2, -0.15) is 0 Å². The quantitative estimate of drug-likeness (QED) is 0.479. The zero-order valence-corrected chi connectivity index (χ0v) is 19.1. The van der Waals surface area contributed by atoms with Crippen molar-refractivity contribution in [3.8, 4) is 5.75 Å². The van der Waals surface area contributed by atoms with E-state index in [1.54, 1.807) is 23.1 Å². The lowest BCUT2D eigenvalue weighted by Gasteiger charge is -2.34. The van der Waals surface area contributed by atoms with E-state index in [9.17, 15) is 13.6 Å². The number of carbonyl (C=O) groups is 1. The molecule has 0 N–H and O–H groups in total. The monoisotopic (exact) mass is 470 g/mol. The lowest BCUT2D eigenvalue weighted by atomic mass is 10.1. The third kappa shape index (κ3) is 5.70. The van der Waals surface area contributed by atoms with E-state index in [0.717, 1.165) is 17.2 Å². The summed E-state index contributed by atoms with van der Waals surface area (Å²) in [5.41, 5.74) is 2.94. The first-order valence-electron chi connectivity index (χ1n) is 10.8. The normalized spacial score (nSPS) is 14.4. The minimum absolute atomic E-state index is 0.0409. The lowest BCUT2D eigenvalue weighted by molar-refractivity contribution is 0.0627. The molecule has 0 unspecified atom stereocenters. The van der Waals surface area contributed by atoms with Gasteiger partial charge in [0.2, 0.25) is 0 Å². The zero-order chi connectivity index (χ0) is 23.4. The molecule has 1 amide bonds. The molecule has 1 saturated heterocycles. The number of ether oxygens (including phenoxy) is 1. The smallest absolute Gasteiger partial charge is 0.253 e. The third-order valence-corrected chi connectivity index (χ3v) is 6.08. The van der Waals surface area contributed by atoms with Crippen LogP contribution in [0.1, 0.15) is 27.0 Å². The number of rotatable bonds is 6. The van der Waals surface area contributed by atoms with Crippen LogP contribution in [0, 0.1) is 18.6 Å². The van der Waals surface area contributed by atoms with E-state index in [0.29, 0.717) is 61.2 Å². The van der Waals surface area contributed by atoms with Gasteiger partial charge in [0.15, 0.2) is 11.6 Å². The number of hydrogen-bond acceptors (Lipinski definition) is 3. The molecule has 1 fully saturated rings. The number of benzene rings is 3. The molecule has 1 aliphatic rings. The highest BCUT2D eigenvalue weighted by molar-refractivity contribution is 6.32. The highest BCUT2D eigenvalue weighted by atomic mass is 35.5. The van der Waals surface area contributed by atoms with Gasteiger partial charge in [0.1, 0.15) is 12.4 Å². The Morgan fingerprint density at radius 1 is 1.00 bits per heavy atom. The van der Waals surface area contributed by atoms with Gasteiger partial charge in [-0.25, -0.2) is 8.78 Å². The molecule has 1 aliphatic heterocycles. The van der Waals surface area contributed by atoms with E-state index in [4.69, 9.17) is 16.3 Å². The minimum Gasteiger partial charge on any atom is -0.487 e. The average Bonchev–Trinajstić information content (AvgIpc) is 2.83. The number of piperazine rings is 1. The van der Waals surface area contributed by atoms with Crippen LogP contribution in [-0.4, -0.2) is 41.9 Å². The average molecular weight is 471 g/mol. The topological polar surface area (TPSA) is 32.8 Å². The molecule has 0 radical (unpaired) electrons. The molecule has 33 heavy (non-hydrogen) atoms. The maximum absolute atomic E-state index is 13.9. The predicted octanol–water partition coefficient (Wildman–Crippen LogP) is 5.46. The van der Waals surface area contributed by atoms with Crippen LogP contribution in [0.15, 0.2) is 60.7 Å². The molecule has 4 nitrogen and oxygen atoms in total. The van der Waals surface area contributed by atoms with Gasteiger partial charge in [0.25, 0.3) is 5.91 Å². The summed E-state index contributed by atoms with van der Waals surface area (Å²) in [7, 11) is 0. The van der Waals surface area contributed by atoms with Gasteiger partial charge in [-0.15, -0.1) is 0 Å². The van der Waals surface area contributed by atoms with Crippen molar-refractivity contribution in [3.05, 3.63) is 99.6 Å². The Kier molecular flexibility index (Phi) is 7.26. The molecule has 3 aromatic carbocycles. The molecule has 0 aliphatic carbocycles. The van der Waals surface area contributed by atoms with Crippen molar-refractivity contribution in [1.82, 2.24) is 9.80 Å². The summed E-state index contributed by atoms with van der Waals surface area (Å²) in [6, 6.07) is 17.2. The van der Waals surface area contributed by atoms with Gasteiger partial charge in [-0.1, -0.05) is 41.9 Å². The number of hydrogen-bond donors (Lipinski definition) is 0. The first kappa shape index (κ1) is 23.2. The number of nitrogens with zero attached hydrogens (tertiary/aromatic N) is 2. The van der Waals surface area contributed by atoms with Crippen molar-refractivity contribution in [2.45, 2.75) is 20.1 Å². The fourth-order valence-electron chi connectivity index (χ4n) is 3.83. The molecule has 0 atom stereocenters. The Bertz CT molecular complexity index is 1130. The van der Waals surface area contributed by atoms with Gasteiger partial charge >= 0.3 is 0 Å². The largest absolute Gasteiger partial charge is 0.487 e. The lowest BCUT2D eigenvalue weighted by Crippen LogP contribution is -2.48. The second-order valence-electron chi connectivity index (χ2n) is 8.20. The second kappa shape index (κ2) is 10.3. The molecule has 0 bridgehead atoms. The highest BCUT2D eigenvalue weighted by Crippen LogP contribution is 2.26. The summed E-state index contributed by atoms with van der Waals surface area (Å²) in [5.74, 6) is -1.05. The van der Waals surface area contributed by atoms with E-state index >= 15 is 0 Å². The van der Waals surface area contributed by atoms with Gasteiger partial charge in [-0.05, 0) is 48.4 Å². The summed E-state index contributed by atoms with van der Waals surface area (Å²) in [5, 5.41) is 0.562. The predicted molar refractivity (Wildman–Crippen MR) is 125 cm³/mol. The summed E-state index contributed by atoms with van der Waals surface area (Å²) < 4.78 is 33.2. The molecule has 0 spiro atoms. The van der Waals surface area contributed by atoms with Crippen LogP contribution in [0.2, 0.25) is 5.02 Å². The van der Waals surface area contributed by atoms with Crippen molar-refractivity contribution in [2.75, 3.05) is 26.2 Å². The Morgan fingerprint density at radius 2 is 1.73 bits per heavy atom.